The lowest BCUT2D eigenvalue weighted by Gasteiger charge is -2.09. The van der Waals surface area contributed by atoms with Crippen molar-refractivity contribution < 1.29 is 14.5 Å². The number of amides is 1. The second-order valence-electron chi connectivity index (χ2n) is 4.65. The van der Waals surface area contributed by atoms with Crippen molar-refractivity contribution in [2.75, 3.05) is 11.9 Å². The van der Waals surface area contributed by atoms with Crippen molar-refractivity contribution in [2.45, 2.75) is 13.8 Å². The molecule has 0 saturated heterocycles. The molecule has 0 aliphatic heterocycles. The van der Waals surface area contributed by atoms with Gasteiger partial charge in [0.25, 0.3) is 5.91 Å². The molecule has 7 nitrogen and oxygen atoms in total. The first-order valence-corrected chi connectivity index (χ1v) is 7.85. The summed E-state index contributed by atoms with van der Waals surface area (Å²) in [6, 6.07) is 5.98. The SMILES string of the molecule is CCOc1ccc(C(=O)Nc2ncc(I)cc2C)cc1[N+](=O)[O-]. The lowest BCUT2D eigenvalue weighted by molar-refractivity contribution is -0.385. The summed E-state index contributed by atoms with van der Waals surface area (Å²) in [6.45, 7) is 3.86. The highest BCUT2D eigenvalue weighted by Gasteiger charge is 2.19. The van der Waals surface area contributed by atoms with Crippen LogP contribution in [-0.4, -0.2) is 22.4 Å². The summed E-state index contributed by atoms with van der Waals surface area (Å²) in [5.41, 5.74) is 0.734. The number of nitro benzene ring substituents is 1. The Morgan fingerprint density at radius 1 is 1.43 bits per heavy atom. The van der Waals surface area contributed by atoms with E-state index in [4.69, 9.17) is 4.74 Å². The first kappa shape index (κ1) is 17.1. The molecule has 0 atom stereocenters. The molecule has 0 fully saturated rings. The Kier molecular flexibility index (Phi) is 5.48. The third-order valence-electron chi connectivity index (χ3n) is 2.99. The third kappa shape index (κ3) is 4.15. The molecule has 2 aromatic rings. The highest BCUT2D eigenvalue weighted by Crippen LogP contribution is 2.28. The zero-order chi connectivity index (χ0) is 17.0. The monoisotopic (exact) mass is 427 g/mol. The maximum atomic E-state index is 12.3. The summed E-state index contributed by atoms with van der Waals surface area (Å²) in [5.74, 6) is 0.0949. The minimum atomic E-state index is -0.573. The van der Waals surface area contributed by atoms with Crippen molar-refractivity contribution in [2.24, 2.45) is 0 Å². The Morgan fingerprint density at radius 2 is 2.17 bits per heavy atom. The van der Waals surface area contributed by atoms with Crippen molar-refractivity contribution in [3.05, 3.63) is 55.3 Å². The molecular formula is C15H14IN3O4. The van der Waals surface area contributed by atoms with Crippen LogP contribution in [0.1, 0.15) is 22.8 Å². The standard InChI is InChI=1S/C15H14IN3O4/c1-3-23-13-5-4-10(7-12(13)19(21)22)15(20)18-14-9(2)6-11(16)8-17-14/h4-8H,3H2,1-2H3,(H,17,18,20). The summed E-state index contributed by atoms with van der Waals surface area (Å²) in [4.78, 5) is 27.0. The zero-order valence-electron chi connectivity index (χ0n) is 12.5. The molecule has 120 valence electrons. The van der Waals surface area contributed by atoms with Crippen LogP contribution in [0.15, 0.2) is 30.5 Å². The topological polar surface area (TPSA) is 94.4 Å². The van der Waals surface area contributed by atoms with Crippen molar-refractivity contribution in [3.63, 3.8) is 0 Å². The Hall–Kier alpha value is -2.23. The molecule has 0 spiro atoms. The van der Waals surface area contributed by atoms with Gasteiger partial charge in [-0.25, -0.2) is 4.98 Å². The highest BCUT2D eigenvalue weighted by atomic mass is 127. The average Bonchev–Trinajstić information content (AvgIpc) is 2.50. The number of halogens is 1. The molecule has 0 radical (unpaired) electrons. The van der Waals surface area contributed by atoms with Crippen molar-refractivity contribution in [1.29, 1.82) is 0 Å². The first-order valence-electron chi connectivity index (χ1n) is 6.77. The predicted octanol–water partition coefficient (Wildman–Crippen LogP) is 3.55. The quantitative estimate of drug-likeness (QED) is 0.448. The number of nitrogens with one attached hydrogen (secondary N) is 1. The molecule has 2 rings (SSSR count). The van der Waals surface area contributed by atoms with Crippen molar-refractivity contribution >= 4 is 40.0 Å². The van der Waals surface area contributed by atoms with E-state index in [1.807, 2.05) is 13.0 Å². The van der Waals surface area contributed by atoms with Gasteiger partial charge in [-0.3, -0.25) is 14.9 Å². The molecule has 1 N–H and O–H groups in total. The molecule has 0 unspecified atom stereocenters. The number of nitro groups is 1. The number of pyridine rings is 1. The minimum absolute atomic E-state index is 0.137. The molecule has 23 heavy (non-hydrogen) atoms. The summed E-state index contributed by atoms with van der Waals surface area (Å²) < 4.78 is 6.15. The van der Waals surface area contributed by atoms with Gasteiger partial charge in [-0.2, -0.15) is 0 Å². The number of carbonyl (C=O) groups is 1. The summed E-state index contributed by atoms with van der Waals surface area (Å²) in [6.07, 6.45) is 1.63. The van der Waals surface area contributed by atoms with Gasteiger partial charge in [-0.05, 0) is 60.2 Å². The highest BCUT2D eigenvalue weighted by molar-refractivity contribution is 14.1. The van der Waals surface area contributed by atoms with Gasteiger partial charge in [-0.1, -0.05) is 0 Å². The van der Waals surface area contributed by atoms with E-state index in [2.05, 4.69) is 32.9 Å². The fraction of sp³-hybridized carbons (Fsp3) is 0.200. The van der Waals surface area contributed by atoms with E-state index in [1.54, 1.807) is 13.1 Å². The molecule has 0 aliphatic carbocycles. The number of nitrogens with zero attached hydrogens (tertiary/aromatic N) is 2. The van der Waals surface area contributed by atoms with Gasteiger partial charge in [0, 0.05) is 21.4 Å². The molecule has 8 heteroatoms. The first-order chi connectivity index (χ1) is 10.9. The van der Waals surface area contributed by atoms with Crippen molar-refractivity contribution in [1.82, 2.24) is 4.98 Å². The van der Waals surface area contributed by atoms with Gasteiger partial charge in [0.1, 0.15) is 5.82 Å². The van der Waals surface area contributed by atoms with Crippen LogP contribution in [-0.2, 0) is 0 Å². The lowest BCUT2D eigenvalue weighted by atomic mass is 10.1. The van der Waals surface area contributed by atoms with Crippen LogP contribution in [0.3, 0.4) is 0 Å². The van der Waals surface area contributed by atoms with E-state index in [1.165, 1.54) is 18.2 Å². The number of carbonyl (C=O) groups excluding carboxylic acids is 1. The van der Waals surface area contributed by atoms with E-state index in [0.717, 1.165) is 9.13 Å². The normalized spacial score (nSPS) is 10.2. The Labute approximate surface area is 146 Å². The number of hydrogen-bond donors (Lipinski definition) is 1. The lowest BCUT2D eigenvalue weighted by Crippen LogP contribution is -2.14. The molecule has 1 heterocycles. The van der Waals surface area contributed by atoms with Gasteiger partial charge < -0.3 is 10.1 Å². The van der Waals surface area contributed by atoms with E-state index < -0.39 is 10.8 Å². The number of rotatable bonds is 5. The molecule has 1 aromatic carbocycles. The maximum Gasteiger partial charge on any atom is 0.311 e. The number of ether oxygens (including phenoxy) is 1. The van der Waals surface area contributed by atoms with Crippen LogP contribution in [0.5, 0.6) is 5.75 Å². The molecule has 0 bridgehead atoms. The second-order valence-corrected chi connectivity index (χ2v) is 5.89. The average molecular weight is 427 g/mol. The van der Waals surface area contributed by atoms with Crippen LogP contribution in [0, 0.1) is 20.6 Å². The summed E-state index contributed by atoms with van der Waals surface area (Å²) in [7, 11) is 0. The van der Waals surface area contributed by atoms with E-state index in [9.17, 15) is 14.9 Å². The van der Waals surface area contributed by atoms with Gasteiger partial charge in [0.15, 0.2) is 5.75 Å². The van der Waals surface area contributed by atoms with Crippen molar-refractivity contribution in [3.8, 4) is 5.75 Å². The van der Waals surface area contributed by atoms with Crippen LogP contribution >= 0.6 is 22.6 Å². The summed E-state index contributed by atoms with van der Waals surface area (Å²) in [5, 5.41) is 13.8. The van der Waals surface area contributed by atoms with Crippen LogP contribution < -0.4 is 10.1 Å². The summed E-state index contributed by atoms with van der Waals surface area (Å²) >= 11 is 2.13. The van der Waals surface area contributed by atoms with E-state index >= 15 is 0 Å². The molecule has 1 amide bonds. The Morgan fingerprint density at radius 3 is 2.78 bits per heavy atom. The van der Waals surface area contributed by atoms with Gasteiger partial charge in [-0.15, -0.1) is 0 Å². The number of anilines is 1. The zero-order valence-corrected chi connectivity index (χ0v) is 14.7. The number of benzene rings is 1. The van der Waals surface area contributed by atoms with Gasteiger partial charge >= 0.3 is 5.69 Å². The van der Waals surface area contributed by atoms with Gasteiger partial charge in [0.05, 0.1) is 11.5 Å². The van der Waals surface area contributed by atoms with Crippen LogP contribution in [0.25, 0.3) is 0 Å². The predicted molar refractivity (Wildman–Crippen MR) is 93.9 cm³/mol. The third-order valence-corrected chi connectivity index (χ3v) is 3.58. The molecule has 1 aromatic heterocycles. The van der Waals surface area contributed by atoms with E-state index in [-0.39, 0.29) is 17.0 Å². The van der Waals surface area contributed by atoms with Crippen LogP contribution in [0.4, 0.5) is 11.5 Å². The van der Waals surface area contributed by atoms with E-state index in [0.29, 0.717) is 12.4 Å². The minimum Gasteiger partial charge on any atom is -0.487 e. The smallest absolute Gasteiger partial charge is 0.311 e. The Balaban J connectivity index is 2.28. The number of hydrogen-bond acceptors (Lipinski definition) is 5. The molecule has 0 saturated carbocycles. The molecule has 0 aliphatic rings. The van der Waals surface area contributed by atoms with Crippen LogP contribution in [0.2, 0.25) is 0 Å². The number of aryl methyl sites for hydroxylation is 1. The Bertz CT molecular complexity index is 764. The largest absolute Gasteiger partial charge is 0.487 e. The fourth-order valence-electron chi connectivity index (χ4n) is 1.93. The van der Waals surface area contributed by atoms with Gasteiger partial charge in [0.2, 0.25) is 0 Å². The second kappa shape index (κ2) is 7.36. The maximum absolute atomic E-state index is 12.3. The number of aromatic nitrogens is 1. The fourth-order valence-corrected chi connectivity index (χ4v) is 2.54. The molecular weight excluding hydrogens is 413 g/mol.